The minimum atomic E-state index is 0.0118. The molecule has 3 aromatic rings. The third kappa shape index (κ3) is 5.85. The van der Waals surface area contributed by atoms with Crippen molar-refractivity contribution in [2.45, 2.75) is 38.9 Å². The zero-order valence-electron chi connectivity index (χ0n) is 17.9. The minimum absolute atomic E-state index is 0.0118. The first-order chi connectivity index (χ1) is 14.6. The zero-order valence-corrected chi connectivity index (χ0v) is 17.9. The molecule has 0 amide bonds. The Morgan fingerprint density at radius 2 is 1.70 bits per heavy atom. The van der Waals surface area contributed by atoms with E-state index >= 15 is 0 Å². The van der Waals surface area contributed by atoms with E-state index in [4.69, 9.17) is 9.47 Å². The van der Waals surface area contributed by atoms with Crippen molar-refractivity contribution in [1.82, 2.24) is 4.98 Å². The average Bonchev–Trinajstić information content (AvgIpc) is 2.79. The van der Waals surface area contributed by atoms with E-state index in [2.05, 4.69) is 11.9 Å². The molecule has 30 heavy (non-hydrogen) atoms. The van der Waals surface area contributed by atoms with Gasteiger partial charge in [0.1, 0.15) is 0 Å². The minimum Gasteiger partial charge on any atom is -0.382 e. The van der Waals surface area contributed by atoms with Crippen LogP contribution in [0.1, 0.15) is 41.8 Å². The number of benzene rings is 2. The van der Waals surface area contributed by atoms with Gasteiger partial charge in [-0.05, 0) is 50.5 Å². The third-order valence-electron chi connectivity index (χ3n) is 5.19. The first-order valence-corrected chi connectivity index (χ1v) is 10.4. The van der Waals surface area contributed by atoms with Crippen molar-refractivity contribution in [3.05, 3.63) is 89.6 Å². The van der Waals surface area contributed by atoms with Crippen molar-refractivity contribution in [1.29, 1.82) is 0 Å². The van der Waals surface area contributed by atoms with Crippen molar-refractivity contribution in [2.75, 3.05) is 13.7 Å². The van der Waals surface area contributed by atoms with Crippen molar-refractivity contribution >= 4 is 5.78 Å². The summed E-state index contributed by atoms with van der Waals surface area (Å²) in [6, 6.07) is 21.0. The smallest absolute Gasteiger partial charge is 0.193 e. The van der Waals surface area contributed by atoms with E-state index in [0.29, 0.717) is 17.7 Å². The van der Waals surface area contributed by atoms with Crippen molar-refractivity contribution in [3.8, 4) is 11.3 Å². The highest BCUT2D eigenvalue weighted by atomic mass is 16.5. The van der Waals surface area contributed by atoms with Crippen LogP contribution in [0.3, 0.4) is 0 Å². The van der Waals surface area contributed by atoms with E-state index in [9.17, 15) is 4.79 Å². The highest BCUT2D eigenvalue weighted by Gasteiger charge is 2.14. The molecule has 0 radical (unpaired) electrons. The molecular formula is C26H29NO3. The second kappa shape index (κ2) is 10.8. The van der Waals surface area contributed by atoms with Gasteiger partial charge >= 0.3 is 0 Å². The molecule has 0 spiro atoms. The summed E-state index contributed by atoms with van der Waals surface area (Å²) >= 11 is 0. The standard InChI is InChI=1S/C26H29NO3/c1-19(29-3)17-20(2)30-16-14-21-12-13-23(26(28)22-9-5-4-6-10-22)18-24(21)25-11-7-8-15-27-25/h4-13,15,18-20H,14,16-17H2,1-3H3. The van der Waals surface area contributed by atoms with Gasteiger partial charge in [0, 0.05) is 30.0 Å². The molecule has 2 aromatic carbocycles. The van der Waals surface area contributed by atoms with Crippen LogP contribution in [-0.4, -0.2) is 36.7 Å². The summed E-state index contributed by atoms with van der Waals surface area (Å²) in [4.78, 5) is 17.4. The Kier molecular flexibility index (Phi) is 7.89. The van der Waals surface area contributed by atoms with Crippen molar-refractivity contribution < 1.29 is 14.3 Å². The van der Waals surface area contributed by atoms with E-state index in [1.54, 1.807) is 13.3 Å². The van der Waals surface area contributed by atoms with Crippen molar-refractivity contribution in [2.24, 2.45) is 0 Å². The van der Waals surface area contributed by atoms with Gasteiger partial charge < -0.3 is 9.47 Å². The summed E-state index contributed by atoms with van der Waals surface area (Å²) in [5, 5.41) is 0. The summed E-state index contributed by atoms with van der Waals surface area (Å²) in [5.41, 5.74) is 4.29. The lowest BCUT2D eigenvalue weighted by Gasteiger charge is -2.18. The lowest BCUT2D eigenvalue weighted by Crippen LogP contribution is -2.18. The lowest BCUT2D eigenvalue weighted by atomic mass is 9.95. The topological polar surface area (TPSA) is 48.4 Å². The van der Waals surface area contributed by atoms with Gasteiger partial charge in [-0.3, -0.25) is 9.78 Å². The number of methoxy groups -OCH3 is 1. The highest BCUT2D eigenvalue weighted by molar-refractivity contribution is 6.09. The second-order valence-electron chi connectivity index (χ2n) is 7.50. The fourth-order valence-electron chi connectivity index (χ4n) is 3.45. The van der Waals surface area contributed by atoms with Crippen LogP contribution in [0.25, 0.3) is 11.3 Å². The van der Waals surface area contributed by atoms with Gasteiger partial charge in [0.2, 0.25) is 0 Å². The van der Waals surface area contributed by atoms with Crippen LogP contribution in [-0.2, 0) is 15.9 Å². The molecular weight excluding hydrogens is 374 g/mol. The molecule has 4 nitrogen and oxygen atoms in total. The van der Waals surface area contributed by atoms with Crippen LogP contribution in [0.5, 0.6) is 0 Å². The van der Waals surface area contributed by atoms with Crippen LogP contribution in [0, 0.1) is 0 Å². The SMILES string of the molecule is COC(C)CC(C)OCCc1ccc(C(=O)c2ccccc2)cc1-c1ccccn1. The predicted octanol–water partition coefficient (Wildman–Crippen LogP) is 5.35. The van der Waals surface area contributed by atoms with E-state index in [1.807, 2.05) is 73.7 Å². The molecule has 0 aliphatic rings. The largest absolute Gasteiger partial charge is 0.382 e. The molecule has 1 heterocycles. The van der Waals surface area contributed by atoms with Gasteiger partial charge in [0.15, 0.2) is 5.78 Å². The number of pyridine rings is 1. The quantitative estimate of drug-likeness (QED) is 0.428. The molecule has 0 fully saturated rings. The molecule has 0 aliphatic heterocycles. The number of ether oxygens (including phenoxy) is 2. The van der Waals surface area contributed by atoms with E-state index in [1.165, 1.54) is 0 Å². The molecule has 4 heteroatoms. The summed E-state index contributed by atoms with van der Waals surface area (Å²) in [5.74, 6) is 0.0118. The normalized spacial score (nSPS) is 13.0. The van der Waals surface area contributed by atoms with Crippen LogP contribution in [0.15, 0.2) is 72.9 Å². The number of carbonyl (C=O) groups excluding carboxylic acids is 1. The molecule has 0 aliphatic carbocycles. The maximum Gasteiger partial charge on any atom is 0.193 e. The third-order valence-corrected chi connectivity index (χ3v) is 5.19. The number of nitrogens with zero attached hydrogens (tertiary/aromatic N) is 1. The number of carbonyl (C=O) groups is 1. The Hall–Kier alpha value is -2.82. The van der Waals surface area contributed by atoms with Gasteiger partial charge in [-0.15, -0.1) is 0 Å². The molecule has 0 saturated carbocycles. The average molecular weight is 404 g/mol. The molecule has 0 bridgehead atoms. The molecule has 2 atom stereocenters. The Bertz CT molecular complexity index is 941. The molecule has 2 unspecified atom stereocenters. The predicted molar refractivity (Wildman–Crippen MR) is 120 cm³/mol. The Morgan fingerprint density at radius 1 is 0.933 bits per heavy atom. The van der Waals surface area contributed by atoms with Crippen LogP contribution in [0.4, 0.5) is 0 Å². The molecule has 3 rings (SSSR count). The Morgan fingerprint density at radius 3 is 2.40 bits per heavy atom. The van der Waals surface area contributed by atoms with Crippen LogP contribution in [0.2, 0.25) is 0 Å². The molecule has 156 valence electrons. The zero-order chi connectivity index (χ0) is 21.3. The summed E-state index contributed by atoms with van der Waals surface area (Å²) in [7, 11) is 1.72. The van der Waals surface area contributed by atoms with E-state index < -0.39 is 0 Å². The van der Waals surface area contributed by atoms with Gasteiger partial charge in [-0.1, -0.05) is 48.5 Å². The number of hydrogen-bond acceptors (Lipinski definition) is 4. The Labute approximate surface area is 178 Å². The summed E-state index contributed by atoms with van der Waals surface area (Å²) < 4.78 is 11.3. The summed E-state index contributed by atoms with van der Waals surface area (Å²) in [6.07, 6.45) is 3.67. The summed E-state index contributed by atoms with van der Waals surface area (Å²) in [6.45, 7) is 4.71. The maximum atomic E-state index is 12.9. The number of rotatable bonds is 10. The van der Waals surface area contributed by atoms with E-state index in [-0.39, 0.29) is 18.0 Å². The first kappa shape index (κ1) is 21.9. The number of hydrogen-bond donors (Lipinski definition) is 0. The fraction of sp³-hybridized carbons (Fsp3) is 0.308. The van der Waals surface area contributed by atoms with Gasteiger partial charge in [0.25, 0.3) is 0 Å². The fourth-order valence-corrected chi connectivity index (χ4v) is 3.45. The van der Waals surface area contributed by atoms with Crippen LogP contribution < -0.4 is 0 Å². The van der Waals surface area contributed by atoms with Gasteiger partial charge in [0.05, 0.1) is 24.5 Å². The Balaban J connectivity index is 1.80. The molecule has 0 saturated heterocycles. The first-order valence-electron chi connectivity index (χ1n) is 10.4. The van der Waals surface area contributed by atoms with E-state index in [0.717, 1.165) is 29.7 Å². The van der Waals surface area contributed by atoms with Crippen molar-refractivity contribution in [3.63, 3.8) is 0 Å². The lowest BCUT2D eigenvalue weighted by molar-refractivity contribution is 0.0157. The second-order valence-corrected chi connectivity index (χ2v) is 7.50. The molecule has 0 N–H and O–H groups in total. The maximum absolute atomic E-state index is 12.9. The number of ketones is 1. The van der Waals surface area contributed by atoms with Gasteiger partial charge in [-0.2, -0.15) is 0 Å². The monoisotopic (exact) mass is 403 g/mol. The highest BCUT2D eigenvalue weighted by Crippen LogP contribution is 2.25. The van der Waals surface area contributed by atoms with Crippen LogP contribution >= 0.6 is 0 Å². The van der Waals surface area contributed by atoms with Gasteiger partial charge in [-0.25, -0.2) is 0 Å². The molecule has 1 aromatic heterocycles. The number of aromatic nitrogens is 1.